The van der Waals surface area contributed by atoms with E-state index in [4.69, 9.17) is 37.0 Å². The number of esters is 4. The lowest BCUT2D eigenvalue weighted by Crippen LogP contribution is -2.30. The summed E-state index contributed by atoms with van der Waals surface area (Å²) in [5.74, 6) is -0.474. The third-order valence-electron chi connectivity index (χ3n) is 20.8. The predicted molar refractivity (Wildman–Crippen MR) is 437 cm³/mol. The van der Waals surface area contributed by atoms with Gasteiger partial charge in [0.1, 0.15) is 19.3 Å². The van der Waals surface area contributed by atoms with E-state index in [9.17, 15) is 43.2 Å². The summed E-state index contributed by atoms with van der Waals surface area (Å²) >= 11 is 0. The zero-order valence-corrected chi connectivity index (χ0v) is 71.5. The van der Waals surface area contributed by atoms with Crippen LogP contribution in [0.2, 0.25) is 0 Å². The maximum absolute atomic E-state index is 13.2. The summed E-state index contributed by atoms with van der Waals surface area (Å²) in [6.45, 7) is 9.73. The number of aliphatic hydroxyl groups excluding tert-OH is 1. The Bertz CT molecular complexity index is 2030. The van der Waals surface area contributed by atoms with Crippen LogP contribution in [-0.2, 0) is 65.4 Å². The molecule has 0 rings (SSSR count). The summed E-state index contributed by atoms with van der Waals surface area (Å²) < 4.78 is 68.9. The Hall–Kier alpha value is -1.94. The molecule has 17 nitrogen and oxygen atoms in total. The zero-order chi connectivity index (χ0) is 77.8. The van der Waals surface area contributed by atoms with Crippen molar-refractivity contribution in [3.8, 4) is 0 Å². The first kappa shape index (κ1) is 104. The molecule has 0 aromatic carbocycles. The Morgan fingerprint density at radius 1 is 0.274 bits per heavy atom. The first-order valence-electron chi connectivity index (χ1n) is 45.0. The number of unbranched alkanes of at least 4 members (excludes halogenated alkanes) is 55. The van der Waals surface area contributed by atoms with Gasteiger partial charge in [-0.05, 0) is 37.5 Å². The van der Waals surface area contributed by atoms with E-state index < -0.39 is 97.5 Å². The SMILES string of the molecule is CCCCCCCCCCCCCCCCCCCCCCCCC(=O)O[C@H](COC(=O)CCCCCCCCCCCCCCCCC(C)CC)COP(=O)(O)OC[C@@H](O)COP(=O)(O)OC[C@@H](COC(=O)CCCCCCCCCCCCC)OC(=O)CCCCCCCCCCCCCCC(C)C. The second kappa shape index (κ2) is 78.3. The molecule has 0 aliphatic carbocycles. The molecule has 0 radical (unpaired) electrons. The fraction of sp³-hybridized carbons (Fsp3) is 0.954. The third kappa shape index (κ3) is 78.7. The molecule has 0 aromatic rings. The Kier molecular flexibility index (Phi) is 76.9. The predicted octanol–water partition coefficient (Wildman–Crippen LogP) is 26.6. The van der Waals surface area contributed by atoms with Crippen LogP contribution in [0, 0.1) is 11.8 Å². The number of rotatable bonds is 86. The Morgan fingerprint density at radius 3 is 0.717 bits per heavy atom. The summed E-state index contributed by atoms with van der Waals surface area (Å²) in [6.07, 6.45) is 70.8. The smallest absolute Gasteiger partial charge is 0.462 e. The first-order chi connectivity index (χ1) is 51.4. The highest BCUT2D eigenvalue weighted by Crippen LogP contribution is 2.45. The molecule has 0 aliphatic heterocycles. The third-order valence-corrected chi connectivity index (χ3v) is 22.7. The molecule has 0 heterocycles. The van der Waals surface area contributed by atoms with Crippen molar-refractivity contribution in [2.45, 2.75) is 484 Å². The number of phosphoric acid groups is 2. The minimum Gasteiger partial charge on any atom is -0.462 e. The molecule has 6 atom stereocenters. The number of hydrogen-bond donors (Lipinski definition) is 3. The zero-order valence-electron chi connectivity index (χ0n) is 69.7. The van der Waals surface area contributed by atoms with Gasteiger partial charge in [0.15, 0.2) is 12.2 Å². The van der Waals surface area contributed by atoms with Crippen molar-refractivity contribution in [3.63, 3.8) is 0 Å². The van der Waals surface area contributed by atoms with Crippen LogP contribution in [0.5, 0.6) is 0 Å². The quantitative estimate of drug-likeness (QED) is 0.0222. The molecule has 0 aromatic heterocycles. The monoisotopic (exact) mass is 1550 g/mol. The highest BCUT2D eigenvalue weighted by molar-refractivity contribution is 7.47. The van der Waals surface area contributed by atoms with Crippen LogP contribution in [0.3, 0.4) is 0 Å². The largest absolute Gasteiger partial charge is 0.472 e. The van der Waals surface area contributed by atoms with Crippen molar-refractivity contribution in [2.24, 2.45) is 11.8 Å². The molecule has 0 saturated heterocycles. The van der Waals surface area contributed by atoms with Crippen LogP contribution < -0.4 is 0 Å². The molecule has 19 heteroatoms. The fourth-order valence-corrected chi connectivity index (χ4v) is 15.1. The highest BCUT2D eigenvalue weighted by atomic mass is 31.2. The van der Waals surface area contributed by atoms with Crippen molar-refractivity contribution >= 4 is 39.5 Å². The van der Waals surface area contributed by atoms with E-state index in [0.717, 1.165) is 102 Å². The van der Waals surface area contributed by atoms with Gasteiger partial charge in [0, 0.05) is 25.7 Å². The number of hydrogen-bond acceptors (Lipinski definition) is 15. The number of aliphatic hydroxyl groups is 1. The summed E-state index contributed by atoms with van der Waals surface area (Å²) in [5, 5.41) is 10.7. The second-order valence-corrected chi connectivity index (χ2v) is 34.9. The molecule has 3 unspecified atom stereocenters. The topological polar surface area (TPSA) is 237 Å². The highest BCUT2D eigenvalue weighted by Gasteiger charge is 2.30. The summed E-state index contributed by atoms with van der Waals surface area (Å²) in [5.41, 5.74) is 0. The lowest BCUT2D eigenvalue weighted by Gasteiger charge is -2.21. The van der Waals surface area contributed by atoms with Crippen LogP contribution in [-0.4, -0.2) is 96.7 Å². The Balaban J connectivity index is 5.23. The number of carbonyl (C=O) groups excluding carboxylic acids is 4. The van der Waals surface area contributed by atoms with E-state index in [2.05, 4.69) is 41.5 Å². The van der Waals surface area contributed by atoms with Crippen LogP contribution in [0.15, 0.2) is 0 Å². The summed E-state index contributed by atoms with van der Waals surface area (Å²) in [6, 6.07) is 0. The van der Waals surface area contributed by atoms with Crippen molar-refractivity contribution in [2.75, 3.05) is 39.6 Å². The van der Waals surface area contributed by atoms with Crippen molar-refractivity contribution in [3.05, 3.63) is 0 Å². The molecular formula is C87H170O17P2. The molecule has 0 spiro atoms. The molecule has 106 heavy (non-hydrogen) atoms. The Morgan fingerprint density at radius 2 is 0.481 bits per heavy atom. The molecule has 0 saturated carbocycles. The van der Waals surface area contributed by atoms with E-state index in [0.29, 0.717) is 25.7 Å². The normalized spacial score (nSPS) is 14.1. The second-order valence-electron chi connectivity index (χ2n) is 32.0. The van der Waals surface area contributed by atoms with E-state index >= 15 is 0 Å². The summed E-state index contributed by atoms with van der Waals surface area (Å²) in [7, 11) is -9.93. The molecule has 3 N–H and O–H groups in total. The minimum atomic E-state index is -4.97. The summed E-state index contributed by atoms with van der Waals surface area (Å²) in [4.78, 5) is 73.3. The van der Waals surface area contributed by atoms with Gasteiger partial charge in [0.2, 0.25) is 0 Å². The van der Waals surface area contributed by atoms with Gasteiger partial charge in [0.05, 0.1) is 26.4 Å². The fourth-order valence-electron chi connectivity index (χ4n) is 13.6. The van der Waals surface area contributed by atoms with Crippen molar-refractivity contribution in [1.29, 1.82) is 0 Å². The van der Waals surface area contributed by atoms with Gasteiger partial charge in [-0.25, -0.2) is 9.13 Å². The van der Waals surface area contributed by atoms with E-state index in [-0.39, 0.29) is 25.7 Å². The maximum Gasteiger partial charge on any atom is 0.472 e. The number of carbonyl (C=O) groups is 4. The van der Waals surface area contributed by atoms with Crippen molar-refractivity contribution < 1.29 is 80.2 Å². The van der Waals surface area contributed by atoms with Gasteiger partial charge in [-0.1, -0.05) is 414 Å². The van der Waals surface area contributed by atoms with Crippen LogP contribution in [0.4, 0.5) is 0 Å². The van der Waals surface area contributed by atoms with E-state index in [1.807, 2.05) is 0 Å². The standard InChI is InChI=1S/C87H170O17P2/c1-7-10-12-14-16-18-20-21-22-23-24-25-26-27-28-29-34-41-47-53-59-65-71-86(91)103-83(76-98-85(90)70-64-58-52-46-40-33-31-30-32-39-44-50-56-62-68-80(6)9-3)78-102-106(95,96)100-74-81(88)73-99-105(93,94)101-77-82(75-97-84(89)69-63-57-51-45-37-19-17-15-13-11-8-2)104-87(92)72-66-60-54-48-42-36-35-38-43-49-55-61-67-79(4)5/h79-83,88H,7-78H2,1-6H3,(H,93,94)(H,95,96)/t80?,81-,82+,83+/m0/s1. The number of phosphoric ester groups is 2. The van der Waals surface area contributed by atoms with Crippen LogP contribution in [0.25, 0.3) is 0 Å². The van der Waals surface area contributed by atoms with Gasteiger partial charge in [-0.3, -0.25) is 37.3 Å². The van der Waals surface area contributed by atoms with E-state index in [1.54, 1.807) is 0 Å². The Labute approximate surface area is 651 Å². The average molecular weight is 1550 g/mol. The molecule has 630 valence electrons. The maximum atomic E-state index is 13.2. The number of ether oxygens (including phenoxy) is 4. The lowest BCUT2D eigenvalue weighted by molar-refractivity contribution is -0.161. The van der Waals surface area contributed by atoms with Crippen LogP contribution >= 0.6 is 15.6 Å². The molecule has 0 amide bonds. The molecule has 0 fully saturated rings. The van der Waals surface area contributed by atoms with Crippen molar-refractivity contribution in [1.82, 2.24) is 0 Å². The lowest BCUT2D eigenvalue weighted by atomic mass is 9.99. The molecule has 0 aliphatic rings. The molecule has 0 bridgehead atoms. The average Bonchev–Trinajstić information content (AvgIpc) is 0.901. The van der Waals surface area contributed by atoms with E-state index in [1.165, 1.54) is 283 Å². The van der Waals surface area contributed by atoms with Gasteiger partial charge >= 0.3 is 39.5 Å². The first-order valence-corrected chi connectivity index (χ1v) is 48.0. The van der Waals surface area contributed by atoms with Crippen LogP contribution in [0.1, 0.15) is 465 Å². The van der Waals surface area contributed by atoms with Gasteiger partial charge < -0.3 is 33.8 Å². The minimum absolute atomic E-state index is 0.107. The van der Waals surface area contributed by atoms with Gasteiger partial charge in [0.25, 0.3) is 0 Å². The van der Waals surface area contributed by atoms with Gasteiger partial charge in [-0.2, -0.15) is 0 Å². The van der Waals surface area contributed by atoms with Gasteiger partial charge in [-0.15, -0.1) is 0 Å². The molecular weight excluding hydrogens is 1380 g/mol.